The van der Waals surface area contributed by atoms with E-state index in [-0.39, 0.29) is 0 Å². The molecule has 11 aromatic rings. The SMILES string of the molecule is c1ccc(-c2nc(-c3ccc(-c4cncnc4)cc3)nc(-c3cc(-c4cccc5cc6ccccc6cc45)cc(-c4cccc5cc6ccccc6cc45)c3)n2)cc1. The maximum atomic E-state index is 5.23. The fourth-order valence-electron chi connectivity index (χ4n) is 8.12. The van der Waals surface area contributed by atoms with Gasteiger partial charge in [-0.05, 0) is 113 Å². The van der Waals surface area contributed by atoms with Gasteiger partial charge in [-0.25, -0.2) is 24.9 Å². The molecule has 0 saturated heterocycles. The first-order chi connectivity index (χ1) is 28.7. The van der Waals surface area contributed by atoms with Crippen molar-refractivity contribution in [2.24, 2.45) is 0 Å². The summed E-state index contributed by atoms with van der Waals surface area (Å²) >= 11 is 0. The molecule has 0 N–H and O–H groups in total. The Labute approximate surface area is 335 Å². The standard InChI is InChI=1S/C53H33N5/c1-2-10-35(11-3-1)51-56-52(36-22-20-34(21-23-36)46-31-54-33-55-32-46)58-53(57-51)45-27-43(47-18-8-16-41-24-37-12-4-6-14-39(37)29-49(41)47)26-44(28-45)48-19-9-17-42-25-38-13-5-7-15-40(38)30-50(42)48/h1-33H. The average molecular weight is 740 g/mol. The summed E-state index contributed by atoms with van der Waals surface area (Å²) in [5.74, 6) is 1.81. The summed E-state index contributed by atoms with van der Waals surface area (Å²) in [5, 5.41) is 9.64. The average Bonchev–Trinajstić information content (AvgIpc) is 3.30. The van der Waals surface area contributed by atoms with Gasteiger partial charge in [0.2, 0.25) is 0 Å². The van der Waals surface area contributed by atoms with Gasteiger partial charge in [0.15, 0.2) is 17.5 Å². The Morgan fingerprint density at radius 3 is 1.21 bits per heavy atom. The van der Waals surface area contributed by atoms with Crippen LogP contribution in [0.2, 0.25) is 0 Å². The van der Waals surface area contributed by atoms with Crippen molar-refractivity contribution in [3.8, 4) is 67.5 Å². The van der Waals surface area contributed by atoms with Crippen LogP contribution in [-0.4, -0.2) is 24.9 Å². The maximum absolute atomic E-state index is 5.23. The molecular weight excluding hydrogens is 707 g/mol. The highest BCUT2D eigenvalue weighted by Gasteiger charge is 2.17. The number of rotatable bonds is 6. The van der Waals surface area contributed by atoms with E-state index in [1.54, 1.807) is 6.33 Å². The third-order valence-electron chi connectivity index (χ3n) is 11.0. The number of nitrogens with zero attached hydrogens (tertiary/aromatic N) is 5. The Balaban J connectivity index is 1.15. The predicted octanol–water partition coefficient (Wildman–Crippen LogP) is 13.3. The van der Waals surface area contributed by atoms with Crippen LogP contribution in [0.4, 0.5) is 0 Å². The second-order valence-electron chi connectivity index (χ2n) is 14.6. The summed E-state index contributed by atoms with van der Waals surface area (Å²) < 4.78 is 0. The quantitative estimate of drug-likeness (QED) is 0.159. The van der Waals surface area contributed by atoms with Gasteiger partial charge in [0.05, 0.1) is 0 Å². The first-order valence-electron chi connectivity index (χ1n) is 19.4. The van der Waals surface area contributed by atoms with Crippen molar-refractivity contribution in [3.05, 3.63) is 201 Å². The molecule has 0 aliphatic heterocycles. The smallest absolute Gasteiger partial charge is 0.164 e. The molecule has 0 fully saturated rings. The number of fused-ring (bicyclic) bond motifs is 4. The van der Waals surface area contributed by atoms with Crippen molar-refractivity contribution < 1.29 is 0 Å². The van der Waals surface area contributed by atoms with E-state index in [1.165, 1.54) is 43.1 Å². The van der Waals surface area contributed by atoms with Crippen LogP contribution in [0.1, 0.15) is 0 Å². The van der Waals surface area contributed by atoms with Crippen LogP contribution in [0.5, 0.6) is 0 Å². The van der Waals surface area contributed by atoms with E-state index in [0.29, 0.717) is 17.5 Å². The lowest BCUT2D eigenvalue weighted by atomic mass is 9.90. The fraction of sp³-hybridized carbons (Fsp3) is 0. The van der Waals surface area contributed by atoms with E-state index >= 15 is 0 Å². The van der Waals surface area contributed by atoms with Crippen molar-refractivity contribution in [2.45, 2.75) is 0 Å². The molecular formula is C53H33N5. The summed E-state index contributed by atoms with van der Waals surface area (Å²) in [5.41, 5.74) is 9.15. The van der Waals surface area contributed by atoms with Crippen LogP contribution < -0.4 is 0 Å². The van der Waals surface area contributed by atoms with Gasteiger partial charge < -0.3 is 0 Å². The second-order valence-corrected chi connectivity index (χ2v) is 14.6. The highest BCUT2D eigenvalue weighted by molar-refractivity contribution is 6.08. The molecule has 0 bridgehead atoms. The Morgan fingerprint density at radius 1 is 0.259 bits per heavy atom. The number of aromatic nitrogens is 5. The van der Waals surface area contributed by atoms with E-state index in [2.05, 4.69) is 162 Å². The van der Waals surface area contributed by atoms with Gasteiger partial charge in [0, 0.05) is 34.6 Å². The largest absolute Gasteiger partial charge is 0.244 e. The molecule has 0 saturated carbocycles. The summed E-state index contributed by atoms with van der Waals surface area (Å²) in [7, 11) is 0. The van der Waals surface area contributed by atoms with Gasteiger partial charge in [0.25, 0.3) is 0 Å². The third kappa shape index (κ3) is 6.12. The number of hydrogen-bond donors (Lipinski definition) is 0. The Morgan fingerprint density at radius 2 is 0.672 bits per heavy atom. The van der Waals surface area contributed by atoms with Crippen molar-refractivity contribution in [3.63, 3.8) is 0 Å². The van der Waals surface area contributed by atoms with Crippen LogP contribution in [-0.2, 0) is 0 Å². The molecule has 0 unspecified atom stereocenters. The van der Waals surface area contributed by atoms with Crippen LogP contribution in [0.15, 0.2) is 201 Å². The molecule has 0 aliphatic rings. The van der Waals surface area contributed by atoms with Crippen LogP contribution in [0, 0.1) is 0 Å². The summed E-state index contributed by atoms with van der Waals surface area (Å²) in [6.45, 7) is 0. The number of benzene rings is 9. The van der Waals surface area contributed by atoms with Crippen molar-refractivity contribution in [1.82, 2.24) is 24.9 Å². The molecule has 270 valence electrons. The van der Waals surface area contributed by atoms with E-state index in [1.807, 2.05) is 42.7 Å². The molecule has 0 aliphatic carbocycles. The van der Waals surface area contributed by atoms with E-state index < -0.39 is 0 Å². The minimum atomic E-state index is 0.597. The Hall–Kier alpha value is -7.89. The number of hydrogen-bond acceptors (Lipinski definition) is 5. The van der Waals surface area contributed by atoms with Crippen molar-refractivity contribution in [1.29, 1.82) is 0 Å². The first kappa shape index (κ1) is 33.4. The van der Waals surface area contributed by atoms with Crippen molar-refractivity contribution >= 4 is 43.1 Å². The topological polar surface area (TPSA) is 64.5 Å². The molecule has 0 radical (unpaired) electrons. The van der Waals surface area contributed by atoms with Crippen LogP contribution in [0.3, 0.4) is 0 Å². The van der Waals surface area contributed by atoms with E-state index in [4.69, 9.17) is 15.0 Å². The fourth-order valence-corrected chi connectivity index (χ4v) is 8.12. The van der Waals surface area contributed by atoms with Gasteiger partial charge in [-0.1, -0.05) is 140 Å². The minimum absolute atomic E-state index is 0.597. The van der Waals surface area contributed by atoms with Crippen LogP contribution in [0.25, 0.3) is 111 Å². The second kappa shape index (κ2) is 14.0. The first-order valence-corrected chi connectivity index (χ1v) is 19.4. The lowest BCUT2D eigenvalue weighted by Gasteiger charge is -2.15. The molecule has 2 heterocycles. The predicted molar refractivity (Wildman–Crippen MR) is 238 cm³/mol. The van der Waals surface area contributed by atoms with Crippen LogP contribution >= 0.6 is 0 Å². The highest BCUT2D eigenvalue weighted by atomic mass is 15.0. The highest BCUT2D eigenvalue weighted by Crippen LogP contribution is 2.40. The van der Waals surface area contributed by atoms with E-state index in [9.17, 15) is 0 Å². The monoisotopic (exact) mass is 739 g/mol. The summed E-state index contributed by atoms with van der Waals surface area (Å²) in [6.07, 6.45) is 5.18. The van der Waals surface area contributed by atoms with Gasteiger partial charge in [-0.15, -0.1) is 0 Å². The summed E-state index contributed by atoms with van der Waals surface area (Å²) in [4.78, 5) is 23.9. The zero-order chi connectivity index (χ0) is 38.4. The molecule has 0 spiro atoms. The minimum Gasteiger partial charge on any atom is -0.244 e. The third-order valence-corrected chi connectivity index (χ3v) is 11.0. The van der Waals surface area contributed by atoms with Gasteiger partial charge in [-0.2, -0.15) is 0 Å². The van der Waals surface area contributed by atoms with Gasteiger partial charge in [-0.3, -0.25) is 0 Å². The lowest BCUT2D eigenvalue weighted by molar-refractivity contribution is 1.07. The molecule has 0 atom stereocenters. The molecule has 11 rings (SSSR count). The molecule has 0 amide bonds. The van der Waals surface area contributed by atoms with Crippen molar-refractivity contribution in [2.75, 3.05) is 0 Å². The molecule has 2 aromatic heterocycles. The normalized spacial score (nSPS) is 11.4. The van der Waals surface area contributed by atoms with Gasteiger partial charge in [0.1, 0.15) is 6.33 Å². The molecule has 58 heavy (non-hydrogen) atoms. The molecule has 9 aromatic carbocycles. The van der Waals surface area contributed by atoms with E-state index in [0.717, 1.165) is 50.1 Å². The molecule has 5 heteroatoms. The zero-order valence-electron chi connectivity index (χ0n) is 31.3. The molecule has 5 nitrogen and oxygen atoms in total. The maximum Gasteiger partial charge on any atom is 0.164 e. The Bertz CT molecular complexity index is 3190. The summed E-state index contributed by atoms with van der Waals surface area (Å²) in [6, 6.07) is 64.7. The van der Waals surface area contributed by atoms with Gasteiger partial charge >= 0.3 is 0 Å². The Kier molecular flexibility index (Phi) is 8.07. The zero-order valence-corrected chi connectivity index (χ0v) is 31.3. The lowest BCUT2D eigenvalue weighted by Crippen LogP contribution is -2.00.